The Bertz CT molecular complexity index is 1300. The predicted octanol–water partition coefficient (Wildman–Crippen LogP) is 6.32. The summed E-state index contributed by atoms with van der Waals surface area (Å²) in [7, 11) is 0. The number of hydrogen-bond donors (Lipinski definition) is 1. The van der Waals surface area contributed by atoms with Gasteiger partial charge in [-0.15, -0.1) is 11.3 Å². The molecule has 2 heterocycles. The number of aryl methyl sites for hydroxylation is 1. The summed E-state index contributed by atoms with van der Waals surface area (Å²) in [5, 5.41) is 21.6. The third kappa shape index (κ3) is 3.97. The summed E-state index contributed by atoms with van der Waals surface area (Å²) in [4.78, 5) is 27.9. The van der Waals surface area contributed by atoms with E-state index in [1.54, 1.807) is 11.0 Å². The number of ketones is 1. The molecule has 0 fully saturated rings. The van der Waals surface area contributed by atoms with Crippen LogP contribution in [-0.2, 0) is 4.79 Å². The Balaban J connectivity index is 2.01. The van der Waals surface area contributed by atoms with Gasteiger partial charge < -0.3 is 5.73 Å². The van der Waals surface area contributed by atoms with Gasteiger partial charge in [0.05, 0.1) is 28.2 Å². The van der Waals surface area contributed by atoms with Crippen LogP contribution in [0.15, 0.2) is 51.4 Å². The van der Waals surface area contributed by atoms with Gasteiger partial charge in [0, 0.05) is 38.0 Å². The standard InChI is InChI=1S/C23H20BrClN4O3S/c1-11-14(24)7-19(33-11)20-13(10-26)22(27)28(12-4-5-15(25)16(6-12)29(31)32)17-8-23(2,3)9-18(30)21(17)20/h4-7,20H,8-9,27H2,1-3H3. The molecule has 0 radical (unpaired) electrons. The van der Waals surface area contributed by atoms with Crippen molar-refractivity contribution in [1.82, 2.24) is 0 Å². The number of halogens is 2. The monoisotopic (exact) mass is 546 g/mol. The number of allylic oxidation sites excluding steroid dienone is 3. The molecule has 170 valence electrons. The summed E-state index contributed by atoms with van der Waals surface area (Å²) in [5.74, 6) is -0.477. The minimum Gasteiger partial charge on any atom is -0.384 e. The van der Waals surface area contributed by atoms with E-state index in [0.29, 0.717) is 29.8 Å². The first-order valence-electron chi connectivity index (χ1n) is 10.1. The number of Topliss-reactive ketones (excluding diaryl/α,β-unsaturated/α-hetero) is 1. The van der Waals surface area contributed by atoms with Crippen LogP contribution in [0, 0.1) is 33.8 Å². The first-order chi connectivity index (χ1) is 15.4. The lowest BCUT2D eigenvalue weighted by molar-refractivity contribution is -0.384. The smallest absolute Gasteiger partial charge is 0.289 e. The van der Waals surface area contributed by atoms with E-state index >= 15 is 0 Å². The van der Waals surface area contributed by atoms with Gasteiger partial charge in [0.15, 0.2) is 5.78 Å². The van der Waals surface area contributed by atoms with Gasteiger partial charge in [-0.2, -0.15) is 5.26 Å². The van der Waals surface area contributed by atoms with Crippen molar-refractivity contribution in [2.75, 3.05) is 4.90 Å². The second-order valence-corrected chi connectivity index (χ2v) is 11.5. The van der Waals surface area contributed by atoms with Gasteiger partial charge in [-0.1, -0.05) is 25.4 Å². The normalized spacial score (nSPS) is 20.1. The van der Waals surface area contributed by atoms with Crippen molar-refractivity contribution in [2.45, 2.75) is 39.5 Å². The second-order valence-electron chi connectivity index (χ2n) is 8.93. The number of nitriles is 1. The molecule has 0 amide bonds. The van der Waals surface area contributed by atoms with E-state index in [9.17, 15) is 20.2 Å². The number of hydrogen-bond acceptors (Lipinski definition) is 7. The molecular weight excluding hydrogens is 528 g/mol. The number of nitrogens with two attached hydrogens (primary N) is 1. The fraction of sp³-hybridized carbons (Fsp3) is 0.304. The number of carbonyl (C=O) groups is 1. The van der Waals surface area contributed by atoms with Crippen molar-refractivity contribution in [2.24, 2.45) is 11.1 Å². The maximum Gasteiger partial charge on any atom is 0.289 e. The maximum atomic E-state index is 13.5. The molecule has 1 aromatic heterocycles. The molecule has 4 rings (SSSR count). The Morgan fingerprint density at radius 2 is 2.06 bits per heavy atom. The van der Waals surface area contributed by atoms with Crippen LogP contribution >= 0.6 is 38.9 Å². The lowest BCUT2D eigenvalue weighted by Crippen LogP contribution is -2.42. The average Bonchev–Trinajstić information content (AvgIpc) is 3.05. The summed E-state index contributed by atoms with van der Waals surface area (Å²) < 4.78 is 0.903. The number of nitrogens with zero attached hydrogens (tertiary/aromatic N) is 3. The molecule has 1 aliphatic carbocycles. The van der Waals surface area contributed by atoms with E-state index in [1.165, 1.54) is 23.5 Å². The molecule has 7 nitrogen and oxygen atoms in total. The van der Waals surface area contributed by atoms with E-state index in [1.807, 2.05) is 26.8 Å². The highest BCUT2D eigenvalue weighted by atomic mass is 79.9. The topological polar surface area (TPSA) is 113 Å². The van der Waals surface area contributed by atoms with Crippen LogP contribution < -0.4 is 10.6 Å². The Labute approximate surface area is 208 Å². The number of benzene rings is 1. The van der Waals surface area contributed by atoms with E-state index in [-0.39, 0.29) is 33.3 Å². The maximum absolute atomic E-state index is 13.5. The number of nitro benzene ring substituents is 1. The van der Waals surface area contributed by atoms with E-state index in [0.717, 1.165) is 14.2 Å². The summed E-state index contributed by atoms with van der Waals surface area (Å²) in [6, 6.07) is 8.50. The summed E-state index contributed by atoms with van der Waals surface area (Å²) >= 11 is 11.1. The summed E-state index contributed by atoms with van der Waals surface area (Å²) in [6.45, 7) is 5.95. The van der Waals surface area contributed by atoms with Gasteiger partial charge in [-0.25, -0.2) is 0 Å². The van der Waals surface area contributed by atoms with Crippen LogP contribution in [0.2, 0.25) is 5.02 Å². The Hall–Kier alpha value is -2.67. The number of thiophene rings is 1. The molecule has 1 aliphatic heterocycles. The largest absolute Gasteiger partial charge is 0.384 e. The van der Waals surface area contributed by atoms with Crippen LogP contribution in [0.3, 0.4) is 0 Å². The number of rotatable bonds is 3. The van der Waals surface area contributed by atoms with Gasteiger partial charge >= 0.3 is 0 Å². The van der Waals surface area contributed by atoms with Crippen molar-refractivity contribution < 1.29 is 9.72 Å². The number of anilines is 1. The Kier molecular flexibility index (Phi) is 5.89. The molecule has 2 aliphatic rings. The third-order valence-electron chi connectivity index (χ3n) is 5.93. The van der Waals surface area contributed by atoms with E-state index in [4.69, 9.17) is 17.3 Å². The van der Waals surface area contributed by atoms with Crippen LogP contribution in [-0.4, -0.2) is 10.7 Å². The molecule has 2 aromatic rings. The lowest BCUT2D eigenvalue weighted by Gasteiger charge is -2.43. The van der Waals surface area contributed by atoms with Crippen molar-refractivity contribution in [1.29, 1.82) is 5.26 Å². The molecule has 1 aromatic carbocycles. The van der Waals surface area contributed by atoms with Crippen molar-refractivity contribution >= 4 is 56.0 Å². The molecule has 10 heteroatoms. The summed E-state index contributed by atoms with van der Waals surface area (Å²) in [5.41, 5.74) is 7.77. The predicted molar refractivity (Wildman–Crippen MR) is 132 cm³/mol. The Morgan fingerprint density at radius 1 is 1.36 bits per heavy atom. The highest BCUT2D eigenvalue weighted by Crippen LogP contribution is 2.52. The van der Waals surface area contributed by atoms with Gasteiger partial charge in [-0.05, 0) is 52.9 Å². The zero-order valence-corrected chi connectivity index (χ0v) is 21.3. The van der Waals surface area contributed by atoms with Gasteiger partial charge in [0.1, 0.15) is 10.8 Å². The first-order valence-corrected chi connectivity index (χ1v) is 12.1. The minimum atomic E-state index is -0.581. The van der Waals surface area contributed by atoms with Crippen molar-refractivity contribution in [3.8, 4) is 6.07 Å². The molecule has 33 heavy (non-hydrogen) atoms. The first kappa shape index (κ1) is 23.5. The van der Waals surface area contributed by atoms with Crippen LogP contribution in [0.25, 0.3) is 0 Å². The zero-order chi connectivity index (χ0) is 24.2. The minimum absolute atomic E-state index is 0.00476. The average molecular weight is 548 g/mol. The fourth-order valence-corrected chi connectivity index (χ4v) is 6.36. The molecule has 0 saturated heterocycles. The number of carbonyl (C=O) groups excluding carboxylic acids is 1. The van der Waals surface area contributed by atoms with Gasteiger partial charge in [0.25, 0.3) is 5.69 Å². The molecule has 0 spiro atoms. The molecular formula is C23H20BrClN4O3S. The summed E-state index contributed by atoms with van der Waals surface area (Å²) in [6.07, 6.45) is 0.854. The molecule has 0 saturated carbocycles. The molecule has 0 bridgehead atoms. The highest BCUT2D eigenvalue weighted by Gasteiger charge is 2.45. The molecule has 1 atom stereocenters. The number of nitro groups is 1. The Morgan fingerprint density at radius 3 is 2.64 bits per heavy atom. The lowest BCUT2D eigenvalue weighted by atomic mass is 9.69. The van der Waals surface area contributed by atoms with Crippen LogP contribution in [0.1, 0.15) is 42.4 Å². The van der Waals surface area contributed by atoms with Crippen molar-refractivity contribution in [3.05, 3.63) is 76.3 Å². The van der Waals surface area contributed by atoms with Crippen LogP contribution in [0.5, 0.6) is 0 Å². The van der Waals surface area contributed by atoms with E-state index in [2.05, 4.69) is 22.0 Å². The van der Waals surface area contributed by atoms with Crippen LogP contribution in [0.4, 0.5) is 11.4 Å². The third-order valence-corrected chi connectivity index (χ3v) is 8.45. The van der Waals surface area contributed by atoms with Gasteiger partial charge in [-0.3, -0.25) is 19.8 Å². The highest BCUT2D eigenvalue weighted by molar-refractivity contribution is 9.10. The SMILES string of the molecule is Cc1sc(C2C(C#N)=C(N)N(c3ccc(Cl)c([N+](=O)[O-])c3)C3=C2C(=O)CC(C)(C)C3)cc1Br. The van der Waals surface area contributed by atoms with E-state index < -0.39 is 10.8 Å². The zero-order valence-electron chi connectivity index (χ0n) is 18.1. The molecule has 1 unspecified atom stereocenters. The molecule has 2 N–H and O–H groups in total. The second kappa shape index (κ2) is 8.28. The quantitative estimate of drug-likeness (QED) is 0.355. The fourth-order valence-electron chi connectivity index (χ4n) is 4.49. The van der Waals surface area contributed by atoms with Gasteiger partial charge in [0.2, 0.25) is 0 Å². The van der Waals surface area contributed by atoms with Crippen molar-refractivity contribution in [3.63, 3.8) is 0 Å².